The molecule has 0 radical (unpaired) electrons. The summed E-state index contributed by atoms with van der Waals surface area (Å²) in [6, 6.07) is 5.44. The summed E-state index contributed by atoms with van der Waals surface area (Å²) in [5.74, 6) is 1.22. The quantitative estimate of drug-likeness (QED) is 0.908. The number of anilines is 1. The van der Waals surface area contributed by atoms with Gasteiger partial charge >= 0.3 is 0 Å². The Kier molecular flexibility index (Phi) is 3.44. The minimum absolute atomic E-state index is 0.264. The highest BCUT2D eigenvalue weighted by molar-refractivity contribution is 6.31. The smallest absolute Gasteiger partial charge is 0.262 e. The number of ether oxygens (including phenoxy) is 1. The van der Waals surface area contributed by atoms with Crippen molar-refractivity contribution in [2.75, 3.05) is 5.73 Å². The van der Waals surface area contributed by atoms with E-state index in [4.69, 9.17) is 22.1 Å². The standard InChI is InChI=1S/C12H12ClN3O/c1-2-8-7-9(3-4-10(8)13)17-12-11(14)15-5-6-16-12/h3-7H,2H2,1H3,(H2,14,15). The maximum atomic E-state index is 6.02. The second-order valence-corrected chi connectivity index (χ2v) is 3.86. The molecule has 1 aromatic carbocycles. The summed E-state index contributed by atoms with van der Waals surface area (Å²) in [5, 5.41) is 0.729. The molecule has 88 valence electrons. The Bertz CT molecular complexity index is 531. The average molecular weight is 250 g/mol. The summed E-state index contributed by atoms with van der Waals surface area (Å²) in [4.78, 5) is 7.91. The van der Waals surface area contributed by atoms with E-state index in [-0.39, 0.29) is 5.82 Å². The van der Waals surface area contributed by atoms with Gasteiger partial charge in [0.1, 0.15) is 5.75 Å². The van der Waals surface area contributed by atoms with Crippen molar-refractivity contribution in [3.63, 3.8) is 0 Å². The van der Waals surface area contributed by atoms with Crippen LogP contribution < -0.4 is 10.5 Å². The highest BCUT2D eigenvalue weighted by atomic mass is 35.5. The molecule has 0 bridgehead atoms. The Morgan fingerprint density at radius 3 is 2.76 bits per heavy atom. The van der Waals surface area contributed by atoms with Crippen molar-refractivity contribution in [3.8, 4) is 11.6 Å². The number of nitrogens with two attached hydrogens (primary N) is 1. The first-order chi connectivity index (χ1) is 8.20. The van der Waals surface area contributed by atoms with Crippen molar-refractivity contribution in [1.29, 1.82) is 0 Å². The summed E-state index contributed by atoms with van der Waals surface area (Å²) >= 11 is 6.02. The van der Waals surface area contributed by atoms with Crippen LogP contribution in [0.2, 0.25) is 5.02 Å². The lowest BCUT2D eigenvalue weighted by atomic mass is 10.1. The molecule has 2 rings (SSSR count). The molecule has 0 spiro atoms. The van der Waals surface area contributed by atoms with Crippen molar-refractivity contribution in [1.82, 2.24) is 9.97 Å². The molecule has 0 aliphatic rings. The molecular formula is C12H12ClN3O. The van der Waals surface area contributed by atoms with Crippen molar-refractivity contribution in [2.45, 2.75) is 13.3 Å². The third kappa shape index (κ3) is 2.65. The number of rotatable bonds is 3. The number of aromatic nitrogens is 2. The van der Waals surface area contributed by atoms with Gasteiger partial charge in [-0.25, -0.2) is 9.97 Å². The average Bonchev–Trinajstić information content (AvgIpc) is 2.34. The van der Waals surface area contributed by atoms with Crippen LogP contribution in [0.4, 0.5) is 5.82 Å². The predicted molar refractivity (Wildman–Crippen MR) is 67.3 cm³/mol. The molecule has 2 aromatic rings. The first kappa shape index (κ1) is 11.7. The van der Waals surface area contributed by atoms with Gasteiger partial charge in [-0.2, -0.15) is 0 Å². The third-order valence-electron chi connectivity index (χ3n) is 2.30. The van der Waals surface area contributed by atoms with Gasteiger partial charge in [0.2, 0.25) is 0 Å². The minimum atomic E-state index is 0.264. The second-order valence-electron chi connectivity index (χ2n) is 3.46. The molecule has 0 saturated carbocycles. The molecular weight excluding hydrogens is 238 g/mol. The van der Waals surface area contributed by atoms with E-state index in [1.54, 1.807) is 12.1 Å². The fourth-order valence-electron chi connectivity index (χ4n) is 1.41. The Hall–Kier alpha value is -1.81. The molecule has 17 heavy (non-hydrogen) atoms. The molecule has 0 atom stereocenters. The molecule has 0 saturated heterocycles. The fourth-order valence-corrected chi connectivity index (χ4v) is 1.66. The van der Waals surface area contributed by atoms with Gasteiger partial charge in [0, 0.05) is 17.4 Å². The van der Waals surface area contributed by atoms with Crippen molar-refractivity contribution < 1.29 is 4.74 Å². The maximum absolute atomic E-state index is 6.02. The normalized spacial score (nSPS) is 10.2. The van der Waals surface area contributed by atoms with Gasteiger partial charge in [-0.05, 0) is 30.2 Å². The highest BCUT2D eigenvalue weighted by Crippen LogP contribution is 2.27. The Morgan fingerprint density at radius 1 is 1.29 bits per heavy atom. The van der Waals surface area contributed by atoms with Crippen LogP contribution in [-0.4, -0.2) is 9.97 Å². The lowest BCUT2D eigenvalue weighted by Gasteiger charge is -2.08. The van der Waals surface area contributed by atoms with Gasteiger partial charge in [0.05, 0.1) is 0 Å². The molecule has 0 amide bonds. The number of benzene rings is 1. The zero-order chi connectivity index (χ0) is 12.3. The molecule has 0 aliphatic carbocycles. The van der Waals surface area contributed by atoms with Gasteiger partial charge in [0.25, 0.3) is 5.88 Å². The van der Waals surface area contributed by atoms with Crippen molar-refractivity contribution in [2.24, 2.45) is 0 Å². The molecule has 5 heteroatoms. The number of nitrogen functional groups attached to an aromatic ring is 1. The number of aryl methyl sites for hydroxylation is 1. The first-order valence-corrected chi connectivity index (χ1v) is 5.61. The van der Waals surface area contributed by atoms with Crippen LogP contribution in [0.1, 0.15) is 12.5 Å². The molecule has 0 unspecified atom stereocenters. The van der Waals surface area contributed by atoms with Gasteiger partial charge < -0.3 is 10.5 Å². The Labute approximate surface area is 104 Å². The van der Waals surface area contributed by atoms with E-state index in [0.29, 0.717) is 11.6 Å². The first-order valence-electron chi connectivity index (χ1n) is 5.23. The van der Waals surface area contributed by atoms with Gasteiger partial charge in [-0.15, -0.1) is 0 Å². The largest absolute Gasteiger partial charge is 0.436 e. The fraction of sp³-hybridized carbons (Fsp3) is 0.167. The molecule has 2 N–H and O–H groups in total. The van der Waals surface area contributed by atoms with Gasteiger partial charge in [-0.3, -0.25) is 0 Å². The molecule has 0 aliphatic heterocycles. The number of nitrogens with zero attached hydrogens (tertiary/aromatic N) is 2. The summed E-state index contributed by atoms with van der Waals surface area (Å²) in [6.07, 6.45) is 3.88. The van der Waals surface area contributed by atoms with Crippen LogP contribution in [0.5, 0.6) is 11.6 Å². The summed E-state index contributed by atoms with van der Waals surface area (Å²) in [7, 11) is 0. The molecule has 1 aromatic heterocycles. The van der Waals surface area contributed by atoms with E-state index in [1.165, 1.54) is 12.4 Å². The van der Waals surface area contributed by atoms with Crippen molar-refractivity contribution >= 4 is 17.4 Å². The highest BCUT2D eigenvalue weighted by Gasteiger charge is 2.06. The van der Waals surface area contributed by atoms with E-state index in [2.05, 4.69) is 9.97 Å². The summed E-state index contributed by atoms with van der Waals surface area (Å²) in [6.45, 7) is 2.03. The lowest BCUT2D eigenvalue weighted by molar-refractivity contribution is 0.462. The number of hydrogen-bond acceptors (Lipinski definition) is 4. The van der Waals surface area contributed by atoms with E-state index in [0.717, 1.165) is 17.0 Å². The van der Waals surface area contributed by atoms with E-state index in [1.807, 2.05) is 13.0 Å². The van der Waals surface area contributed by atoms with Gasteiger partial charge in [0.15, 0.2) is 5.82 Å². The van der Waals surface area contributed by atoms with E-state index < -0.39 is 0 Å². The molecule has 0 fully saturated rings. The van der Waals surface area contributed by atoms with Crippen LogP contribution in [0.15, 0.2) is 30.6 Å². The van der Waals surface area contributed by atoms with E-state index >= 15 is 0 Å². The SMILES string of the molecule is CCc1cc(Oc2nccnc2N)ccc1Cl. The second kappa shape index (κ2) is 5.01. The van der Waals surface area contributed by atoms with Crippen LogP contribution in [0, 0.1) is 0 Å². The van der Waals surface area contributed by atoms with Gasteiger partial charge in [-0.1, -0.05) is 18.5 Å². The summed E-state index contributed by atoms with van der Waals surface area (Å²) < 4.78 is 5.55. The maximum Gasteiger partial charge on any atom is 0.262 e. The van der Waals surface area contributed by atoms with Crippen LogP contribution >= 0.6 is 11.6 Å². The number of hydrogen-bond donors (Lipinski definition) is 1. The zero-order valence-corrected chi connectivity index (χ0v) is 10.1. The number of halogens is 1. The monoisotopic (exact) mass is 249 g/mol. The van der Waals surface area contributed by atoms with Crippen LogP contribution in [0.25, 0.3) is 0 Å². The van der Waals surface area contributed by atoms with Crippen LogP contribution in [-0.2, 0) is 6.42 Å². The van der Waals surface area contributed by atoms with E-state index in [9.17, 15) is 0 Å². The zero-order valence-electron chi connectivity index (χ0n) is 9.35. The van der Waals surface area contributed by atoms with Crippen LogP contribution in [0.3, 0.4) is 0 Å². The lowest BCUT2D eigenvalue weighted by Crippen LogP contribution is -1.97. The topological polar surface area (TPSA) is 61.0 Å². The third-order valence-corrected chi connectivity index (χ3v) is 2.67. The Morgan fingerprint density at radius 2 is 2.06 bits per heavy atom. The van der Waals surface area contributed by atoms with Crippen molar-refractivity contribution in [3.05, 3.63) is 41.2 Å². The molecule has 4 nitrogen and oxygen atoms in total. The summed E-state index contributed by atoms with van der Waals surface area (Å²) in [5.41, 5.74) is 6.66. The minimum Gasteiger partial charge on any atom is -0.436 e. The predicted octanol–water partition coefficient (Wildman–Crippen LogP) is 3.07. The Balaban J connectivity index is 2.28. The molecule has 1 heterocycles.